The van der Waals surface area contributed by atoms with E-state index in [9.17, 15) is 9.59 Å². The first kappa shape index (κ1) is 16.4. The van der Waals surface area contributed by atoms with Crippen LogP contribution in [0.3, 0.4) is 0 Å². The minimum Gasteiger partial charge on any atom is -0.356 e. The number of carbonyl (C=O) groups excluding carboxylic acids is 1. The Kier molecular flexibility index (Phi) is 4.61. The highest BCUT2D eigenvalue weighted by Gasteiger charge is 2.30. The first-order valence-corrected chi connectivity index (χ1v) is 9.70. The van der Waals surface area contributed by atoms with Crippen molar-refractivity contribution in [1.29, 1.82) is 0 Å². The van der Waals surface area contributed by atoms with Crippen molar-refractivity contribution in [3.63, 3.8) is 0 Å². The quantitative estimate of drug-likeness (QED) is 0.618. The number of aryl methyl sites for hydroxylation is 2. The highest BCUT2D eigenvalue weighted by molar-refractivity contribution is 7.99. The topological polar surface area (TPSA) is 81.8 Å². The number of aromatic nitrogens is 4. The average Bonchev–Trinajstić information content (AvgIpc) is 3.33. The zero-order valence-electron chi connectivity index (χ0n) is 14.0. The van der Waals surface area contributed by atoms with Crippen LogP contribution in [0.4, 0.5) is 0 Å². The number of fused-ring (bicyclic) bond motifs is 2. The SMILES string of the molecule is O=C(CC1CSc2nc3c(c(=O)n21)CCC3)NCCCn1ccnc1. The summed E-state index contributed by atoms with van der Waals surface area (Å²) in [6.45, 7) is 1.46. The summed E-state index contributed by atoms with van der Waals surface area (Å²) >= 11 is 1.59. The van der Waals surface area contributed by atoms with E-state index in [4.69, 9.17) is 0 Å². The molecule has 0 radical (unpaired) electrons. The monoisotopic (exact) mass is 359 g/mol. The molecule has 1 aliphatic carbocycles. The largest absolute Gasteiger partial charge is 0.356 e. The molecule has 1 amide bonds. The number of nitrogens with one attached hydrogen (secondary N) is 1. The first-order valence-electron chi connectivity index (χ1n) is 8.72. The molecule has 0 bridgehead atoms. The molecule has 1 unspecified atom stereocenters. The van der Waals surface area contributed by atoms with Crippen molar-refractivity contribution in [2.45, 2.75) is 49.8 Å². The van der Waals surface area contributed by atoms with Crippen LogP contribution in [0.15, 0.2) is 28.7 Å². The van der Waals surface area contributed by atoms with Crippen LogP contribution in [0.1, 0.15) is 36.6 Å². The minimum absolute atomic E-state index is 0.00326. The molecule has 0 aromatic carbocycles. The predicted molar refractivity (Wildman–Crippen MR) is 94.8 cm³/mol. The van der Waals surface area contributed by atoms with E-state index < -0.39 is 0 Å². The standard InChI is InChI=1S/C17H21N5O2S/c23-15(19-5-2-7-21-8-6-18-11-21)9-12-10-25-17-20-14-4-1-3-13(14)16(24)22(12)17/h6,8,11-12H,1-5,7,9-10H2,(H,19,23). The molecule has 3 heterocycles. The summed E-state index contributed by atoms with van der Waals surface area (Å²) in [6.07, 6.45) is 9.35. The molecule has 1 N–H and O–H groups in total. The molecule has 1 aliphatic heterocycles. The highest BCUT2D eigenvalue weighted by atomic mass is 32.2. The zero-order chi connectivity index (χ0) is 17.2. The van der Waals surface area contributed by atoms with Gasteiger partial charge in [-0.3, -0.25) is 14.2 Å². The molecule has 7 nitrogen and oxygen atoms in total. The van der Waals surface area contributed by atoms with Crippen molar-refractivity contribution in [2.75, 3.05) is 12.3 Å². The molecule has 0 saturated heterocycles. The molecule has 2 aromatic heterocycles. The lowest BCUT2D eigenvalue weighted by atomic mass is 10.2. The van der Waals surface area contributed by atoms with Crippen molar-refractivity contribution in [2.24, 2.45) is 0 Å². The summed E-state index contributed by atoms with van der Waals surface area (Å²) in [7, 11) is 0. The summed E-state index contributed by atoms with van der Waals surface area (Å²) < 4.78 is 3.74. The molecule has 1 atom stereocenters. The van der Waals surface area contributed by atoms with Crippen LogP contribution in [0.2, 0.25) is 0 Å². The fourth-order valence-corrected chi connectivity index (χ4v) is 4.65. The van der Waals surface area contributed by atoms with Crippen LogP contribution in [0.25, 0.3) is 0 Å². The Bertz CT molecular complexity index is 830. The summed E-state index contributed by atoms with van der Waals surface area (Å²) in [5.74, 6) is 0.740. The van der Waals surface area contributed by atoms with Crippen molar-refractivity contribution in [1.82, 2.24) is 24.4 Å². The number of hydrogen-bond donors (Lipinski definition) is 1. The van der Waals surface area contributed by atoms with E-state index in [1.54, 1.807) is 28.9 Å². The lowest BCUT2D eigenvalue weighted by Gasteiger charge is -2.14. The van der Waals surface area contributed by atoms with E-state index in [1.165, 1.54) is 0 Å². The number of thioether (sulfide) groups is 1. The molecule has 2 aliphatic rings. The third kappa shape index (κ3) is 3.35. The highest BCUT2D eigenvalue weighted by Crippen LogP contribution is 2.33. The molecule has 0 spiro atoms. The average molecular weight is 359 g/mol. The van der Waals surface area contributed by atoms with E-state index in [0.29, 0.717) is 13.0 Å². The van der Waals surface area contributed by atoms with Gasteiger partial charge in [0.1, 0.15) is 0 Å². The fourth-order valence-electron chi connectivity index (χ4n) is 3.50. The van der Waals surface area contributed by atoms with Crippen molar-refractivity contribution >= 4 is 17.7 Å². The van der Waals surface area contributed by atoms with Crippen LogP contribution in [0, 0.1) is 0 Å². The summed E-state index contributed by atoms with van der Waals surface area (Å²) in [5.41, 5.74) is 1.89. The number of amides is 1. The van der Waals surface area contributed by atoms with Gasteiger partial charge in [0.2, 0.25) is 5.91 Å². The van der Waals surface area contributed by atoms with Gasteiger partial charge in [0.25, 0.3) is 5.56 Å². The summed E-state index contributed by atoms with van der Waals surface area (Å²) in [6, 6.07) is -0.0838. The second kappa shape index (κ2) is 7.03. The number of nitrogens with zero attached hydrogens (tertiary/aromatic N) is 4. The maximum absolute atomic E-state index is 12.7. The van der Waals surface area contributed by atoms with Crippen LogP contribution >= 0.6 is 11.8 Å². The van der Waals surface area contributed by atoms with Gasteiger partial charge >= 0.3 is 0 Å². The van der Waals surface area contributed by atoms with Crippen molar-refractivity contribution in [3.8, 4) is 0 Å². The van der Waals surface area contributed by atoms with Gasteiger partial charge < -0.3 is 9.88 Å². The third-order valence-electron chi connectivity index (χ3n) is 4.77. The Hall–Kier alpha value is -2.09. The van der Waals surface area contributed by atoms with E-state index in [-0.39, 0.29) is 17.5 Å². The molecule has 4 rings (SSSR count). The van der Waals surface area contributed by atoms with E-state index in [2.05, 4.69) is 15.3 Å². The first-order chi connectivity index (χ1) is 12.2. The van der Waals surface area contributed by atoms with Crippen molar-refractivity contribution < 1.29 is 4.79 Å². The predicted octanol–water partition coefficient (Wildman–Crippen LogP) is 1.17. The summed E-state index contributed by atoms with van der Waals surface area (Å²) in [5, 5.41) is 3.74. The number of imidazole rings is 1. The molecule has 132 valence electrons. The normalized spacial score (nSPS) is 18.2. The molecular weight excluding hydrogens is 338 g/mol. The van der Waals surface area contributed by atoms with Crippen LogP contribution in [0.5, 0.6) is 0 Å². The van der Waals surface area contributed by atoms with Crippen LogP contribution in [-0.2, 0) is 24.2 Å². The molecule has 0 fully saturated rings. The van der Waals surface area contributed by atoms with Gasteiger partial charge in [0.15, 0.2) is 5.16 Å². The number of rotatable bonds is 6. The van der Waals surface area contributed by atoms with Gasteiger partial charge in [0, 0.05) is 43.2 Å². The van der Waals surface area contributed by atoms with Crippen LogP contribution < -0.4 is 10.9 Å². The van der Waals surface area contributed by atoms with Gasteiger partial charge in [-0.2, -0.15) is 0 Å². The number of carbonyl (C=O) groups is 1. The Morgan fingerprint density at radius 2 is 2.32 bits per heavy atom. The van der Waals surface area contributed by atoms with Gasteiger partial charge in [-0.15, -0.1) is 0 Å². The molecule has 25 heavy (non-hydrogen) atoms. The molecular formula is C17H21N5O2S. The lowest BCUT2D eigenvalue weighted by molar-refractivity contribution is -0.121. The van der Waals surface area contributed by atoms with Gasteiger partial charge in [0.05, 0.1) is 18.1 Å². The summed E-state index contributed by atoms with van der Waals surface area (Å²) in [4.78, 5) is 33.6. The van der Waals surface area contributed by atoms with Crippen LogP contribution in [-0.4, -0.2) is 37.3 Å². The maximum Gasteiger partial charge on any atom is 0.257 e. The van der Waals surface area contributed by atoms with Crippen molar-refractivity contribution in [3.05, 3.63) is 40.3 Å². The minimum atomic E-state index is -0.0838. The maximum atomic E-state index is 12.7. The van der Waals surface area contributed by atoms with Gasteiger partial charge in [-0.25, -0.2) is 9.97 Å². The second-order valence-corrected chi connectivity index (χ2v) is 7.51. The van der Waals surface area contributed by atoms with Gasteiger partial charge in [-0.1, -0.05) is 11.8 Å². The fraction of sp³-hybridized carbons (Fsp3) is 0.529. The smallest absolute Gasteiger partial charge is 0.257 e. The Balaban J connectivity index is 1.34. The Morgan fingerprint density at radius 3 is 3.16 bits per heavy atom. The second-order valence-electron chi connectivity index (χ2n) is 6.52. The van der Waals surface area contributed by atoms with E-state index in [1.807, 2.05) is 10.8 Å². The lowest BCUT2D eigenvalue weighted by Crippen LogP contribution is -2.32. The zero-order valence-corrected chi connectivity index (χ0v) is 14.8. The Morgan fingerprint density at radius 1 is 1.40 bits per heavy atom. The third-order valence-corrected chi connectivity index (χ3v) is 5.87. The molecule has 0 saturated carbocycles. The van der Waals surface area contributed by atoms with E-state index in [0.717, 1.165) is 54.4 Å². The Labute approximate surface area is 149 Å². The van der Waals surface area contributed by atoms with E-state index >= 15 is 0 Å². The molecule has 2 aromatic rings. The number of hydrogen-bond acceptors (Lipinski definition) is 5. The van der Waals surface area contributed by atoms with Gasteiger partial charge in [-0.05, 0) is 25.7 Å². The molecule has 8 heteroatoms.